The summed E-state index contributed by atoms with van der Waals surface area (Å²) in [5.74, 6) is -2.01. The molecule has 2 saturated heterocycles. The summed E-state index contributed by atoms with van der Waals surface area (Å²) in [6, 6.07) is 11.0. The average Bonchev–Trinajstić information content (AvgIpc) is 3.29. The largest absolute Gasteiger partial charge is 0.416 e. The van der Waals surface area contributed by atoms with E-state index in [0.717, 1.165) is 38.2 Å². The van der Waals surface area contributed by atoms with Gasteiger partial charge in [-0.3, -0.25) is 19.3 Å². The molecule has 0 aromatic heterocycles. The molecule has 11 heteroatoms. The molecule has 2 N–H and O–H groups in total. The van der Waals surface area contributed by atoms with Crippen LogP contribution >= 0.6 is 0 Å². The van der Waals surface area contributed by atoms with Gasteiger partial charge >= 0.3 is 6.18 Å². The van der Waals surface area contributed by atoms with E-state index in [0.29, 0.717) is 31.0 Å². The van der Waals surface area contributed by atoms with Gasteiger partial charge in [0.05, 0.1) is 35.9 Å². The van der Waals surface area contributed by atoms with Crippen molar-refractivity contribution < 1.29 is 32.3 Å². The molecule has 37 heavy (non-hydrogen) atoms. The molecule has 3 amide bonds. The predicted octanol–water partition coefficient (Wildman–Crippen LogP) is 3.15. The molecule has 2 fully saturated rings. The monoisotopic (exact) mass is 518 g/mol. The van der Waals surface area contributed by atoms with Crippen molar-refractivity contribution >= 4 is 29.1 Å². The summed E-state index contributed by atoms with van der Waals surface area (Å²) in [4.78, 5) is 41.7. The molecular weight excluding hydrogens is 489 g/mol. The third-order valence-corrected chi connectivity index (χ3v) is 6.45. The maximum Gasteiger partial charge on any atom is 0.416 e. The minimum Gasteiger partial charge on any atom is -0.379 e. The van der Waals surface area contributed by atoms with Gasteiger partial charge in [-0.15, -0.1) is 0 Å². The van der Waals surface area contributed by atoms with Crippen LogP contribution in [0.3, 0.4) is 0 Å². The van der Waals surface area contributed by atoms with Gasteiger partial charge in [-0.05, 0) is 43.3 Å². The standard InChI is InChI=1S/C26H29F3N4O4/c27-26(28,29)19-5-3-6-20(16-19)33-17-18(15-23(33)34)24(35)31-22-8-2-1-7-21(22)25(36)30-9-4-10-32-11-13-37-14-12-32/h1-3,5-8,16,18H,4,9-15,17H2,(H,30,36)(H,31,35)/t18-/m0/s1. The SMILES string of the molecule is O=C(NCCCN1CCOCC1)c1ccccc1NC(=O)[C@H]1CC(=O)N(c2cccc(C(F)(F)F)c2)C1. The van der Waals surface area contributed by atoms with Gasteiger partial charge in [0.25, 0.3) is 5.91 Å². The van der Waals surface area contributed by atoms with Gasteiger partial charge in [0.15, 0.2) is 0 Å². The van der Waals surface area contributed by atoms with Crippen molar-refractivity contribution in [2.45, 2.75) is 19.0 Å². The van der Waals surface area contributed by atoms with Crippen LogP contribution in [0.4, 0.5) is 24.5 Å². The van der Waals surface area contributed by atoms with Crippen LogP contribution in [0, 0.1) is 5.92 Å². The van der Waals surface area contributed by atoms with Crippen LogP contribution in [0.5, 0.6) is 0 Å². The number of rotatable bonds is 8. The summed E-state index contributed by atoms with van der Waals surface area (Å²) in [6.07, 6.45) is -3.91. The lowest BCUT2D eigenvalue weighted by Gasteiger charge is -2.26. The summed E-state index contributed by atoms with van der Waals surface area (Å²) < 4.78 is 44.6. The van der Waals surface area contributed by atoms with E-state index in [1.165, 1.54) is 17.0 Å². The zero-order valence-electron chi connectivity index (χ0n) is 20.2. The molecule has 0 radical (unpaired) electrons. The quantitative estimate of drug-likeness (QED) is 0.524. The Morgan fingerprint density at radius 1 is 1.05 bits per heavy atom. The van der Waals surface area contributed by atoms with Gasteiger partial charge in [0.1, 0.15) is 0 Å². The number of halogens is 3. The van der Waals surface area contributed by atoms with Gasteiger partial charge in [0.2, 0.25) is 11.8 Å². The van der Waals surface area contributed by atoms with Crippen molar-refractivity contribution in [2.24, 2.45) is 5.92 Å². The summed E-state index contributed by atoms with van der Waals surface area (Å²) in [7, 11) is 0. The number of hydrogen-bond acceptors (Lipinski definition) is 5. The second kappa shape index (κ2) is 11.7. The number of nitrogens with zero attached hydrogens (tertiary/aromatic N) is 2. The number of hydrogen-bond donors (Lipinski definition) is 2. The van der Waals surface area contributed by atoms with E-state index in [-0.39, 0.29) is 24.6 Å². The molecule has 2 aromatic rings. The molecule has 2 aliphatic heterocycles. The van der Waals surface area contributed by atoms with Crippen molar-refractivity contribution in [2.75, 3.05) is 56.2 Å². The van der Waals surface area contributed by atoms with Gasteiger partial charge in [0, 0.05) is 38.3 Å². The number of amides is 3. The summed E-state index contributed by atoms with van der Waals surface area (Å²) in [6.45, 7) is 4.44. The molecular formula is C26H29F3N4O4. The van der Waals surface area contributed by atoms with E-state index in [4.69, 9.17) is 4.74 Å². The molecule has 0 unspecified atom stereocenters. The van der Waals surface area contributed by atoms with Gasteiger partial charge < -0.3 is 20.3 Å². The van der Waals surface area contributed by atoms with E-state index < -0.39 is 29.5 Å². The highest BCUT2D eigenvalue weighted by atomic mass is 19.4. The van der Waals surface area contributed by atoms with Crippen LogP contribution in [-0.4, -0.2) is 68.6 Å². The summed E-state index contributed by atoms with van der Waals surface area (Å²) in [5.41, 5.74) is -0.174. The first kappa shape index (κ1) is 26.6. The lowest BCUT2D eigenvalue weighted by atomic mass is 10.1. The van der Waals surface area contributed by atoms with E-state index >= 15 is 0 Å². The topological polar surface area (TPSA) is 91.0 Å². The number of anilines is 2. The number of para-hydroxylation sites is 1. The first-order chi connectivity index (χ1) is 17.7. The maximum atomic E-state index is 13.1. The molecule has 2 aliphatic rings. The highest BCUT2D eigenvalue weighted by Crippen LogP contribution is 2.33. The van der Waals surface area contributed by atoms with Crippen molar-refractivity contribution in [1.29, 1.82) is 0 Å². The van der Waals surface area contributed by atoms with Crippen LogP contribution < -0.4 is 15.5 Å². The Morgan fingerprint density at radius 2 is 1.81 bits per heavy atom. The van der Waals surface area contributed by atoms with E-state index in [2.05, 4.69) is 15.5 Å². The second-order valence-electron chi connectivity index (χ2n) is 9.05. The van der Waals surface area contributed by atoms with E-state index in [1.807, 2.05) is 0 Å². The van der Waals surface area contributed by atoms with Gasteiger partial charge in [-0.25, -0.2) is 0 Å². The van der Waals surface area contributed by atoms with E-state index in [9.17, 15) is 27.6 Å². The van der Waals surface area contributed by atoms with Crippen LogP contribution in [0.25, 0.3) is 0 Å². The van der Waals surface area contributed by atoms with Crippen molar-refractivity contribution in [3.8, 4) is 0 Å². The Labute approximate surface area is 212 Å². The number of benzene rings is 2. The number of alkyl halides is 3. The molecule has 8 nitrogen and oxygen atoms in total. The molecule has 0 saturated carbocycles. The summed E-state index contributed by atoms with van der Waals surface area (Å²) in [5, 5.41) is 5.60. The molecule has 0 bridgehead atoms. The summed E-state index contributed by atoms with van der Waals surface area (Å²) >= 11 is 0. The highest BCUT2D eigenvalue weighted by molar-refractivity contribution is 6.07. The lowest BCUT2D eigenvalue weighted by Crippen LogP contribution is -2.38. The third kappa shape index (κ3) is 6.86. The first-order valence-corrected chi connectivity index (χ1v) is 12.2. The predicted molar refractivity (Wildman–Crippen MR) is 131 cm³/mol. The number of ether oxygens (including phenoxy) is 1. The van der Waals surface area contributed by atoms with Crippen molar-refractivity contribution in [3.63, 3.8) is 0 Å². The molecule has 4 rings (SSSR count). The van der Waals surface area contributed by atoms with Crippen LogP contribution in [0.1, 0.15) is 28.8 Å². The van der Waals surface area contributed by atoms with Crippen LogP contribution in [0.15, 0.2) is 48.5 Å². The van der Waals surface area contributed by atoms with Crippen LogP contribution in [-0.2, 0) is 20.5 Å². The molecule has 198 valence electrons. The number of carbonyl (C=O) groups is 3. The minimum atomic E-state index is -4.54. The normalized spacial score (nSPS) is 18.6. The van der Waals surface area contributed by atoms with Gasteiger partial charge in [-0.2, -0.15) is 13.2 Å². The molecule has 1 atom stereocenters. The Balaban J connectivity index is 1.34. The first-order valence-electron chi connectivity index (χ1n) is 12.2. The fraction of sp³-hybridized carbons (Fsp3) is 0.423. The zero-order chi connectivity index (χ0) is 26.4. The third-order valence-electron chi connectivity index (χ3n) is 6.45. The number of carbonyl (C=O) groups excluding carboxylic acids is 3. The Kier molecular flexibility index (Phi) is 8.45. The molecule has 0 aliphatic carbocycles. The Hall–Kier alpha value is -3.44. The fourth-order valence-electron chi connectivity index (χ4n) is 4.43. The van der Waals surface area contributed by atoms with Crippen LogP contribution in [0.2, 0.25) is 0 Å². The molecule has 0 spiro atoms. The van der Waals surface area contributed by atoms with Crippen molar-refractivity contribution in [3.05, 3.63) is 59.7 Å². The van der Waals surface area contributed by atoms with Crippen molar-refractivity contribution in [1.82, 2.24) is 10.2 Å². The number of morpholine rings is 1. The van der Waals surface area contributed by atoms with E-state index in [1.54, 1.807) is 24.3 Å². The average molecular weight is 519 g/mol. The number of nitrogens with one attached hydrogen (secondary N) is 2. The maximum absolute atomic E-state index is 13.1. The van der Waals surface area contributed by atoms with Gasteiger partial charge in [-0.1, -0.05) is 18.2 Å². The zero-order valence-corrected chi connectivity index (χ0v) is 20.2. The molecule has 2 aromatic carbocycles. The Morgan fingerprint density at radius 3 is 2.57 bits per heavy atom. The fourth-order valence-corrected chi connectivity index (χ4v) is 4.43. The smallest absolute Gasteiger partial charge is 0.379 e. The molecule has 2 heterocycles. The highest BCUT2D eigenvalue weighted by Gasteiger charge is 2.37. The Bertz CT molecular complexity index is 1130. The minimum absolute atomic E-state index is 0.0537. The lowest BCUT2D eigenvalue weighted by molar-refractivity contribution is -0.137. The second-order valence-corrected chi connectivity index (χ2v) is 9.05.